The first-order valence-electron chi connectivity index (χ1n) is 8.40. The molecule has 1 aromatic carbocycles. The van der Waals surface area contributed by atoms with Crippen LogP contribution in [0.25, 0.3) is 0 Å². The van der Waals surface area contributed by atoms with Crippen LogP contribution in [0.3, 0.4) is 0 Å². The van der Waals surface area contributed by atoms with Crippen molar-refractivity contribution >= 4 is 17.8 Å². The first kappa shape index (κ1) is 18.0. The molecule has 1 aromatic rings. The van der Waals surface area contributed by atoms with Crippen LogP contribution >= 0.6 is 0 Å². The zero-order valence-electron chi connectivity index (χ0n) is 13.9. The minimum absolute atomic E-state index is 0.0993. The Morgan fingerprint density at radius 3 is 2.29 bits per heavy atom. The van der Waals surface area contributed by atoms with Crippen molar-refractivity contribution in [3.05, 3.63) is 35.4 Å². The van der Waals surface area contributed by atoms with E-state index in [0.29, 0.717) is 31.5 Å². The molecule has 0 spiro atoms. The minimum Gasteiger partial charge on any atom is -0.481 e. The van der Waals surface area contributed by atoms with Crippen LogP contribution in [0.2, 0.25) is 0 Å². The molecule has 3 N–H and O–H groups in total. The van der Waals surface area contributed by atoms with Crippen LogP contribution in [0.5, 0.6) is 0 Å². The second-order valence-corrected chi connectivity index (χ2v) is 6.15. The average molecular weight is 332 g/mol. The van der Waals surface area contributed by atoms with E-state index < -0.39 is 17.8 Å². The van der Waals surface area contributed by atoms with Crippen LogP contribution < -0.4 is 10.6 Å². The van der Waals surface area contributed by atoms with Crippen molar-refractivity contribution in [3.8, 4) is 0 Å². The van der Waals surface area contributed by atoms with Crippen molar-refractivity contribution in [3.63, 3.8) is 0 Å². The van der Waals surface area contributed by atoms with Crippen LogP contribution in [0, 0.1) is 11.8 Å². The monoisotopic (exact) mass is 332 g/mol. The zero-order chi connectivity index (χ0) is 17.5. The van der Waals surface area contributed by atoms with Gasteiger partial charge in [-0.3, -0.25) is 14.4 Å². The summed E-state index contributed by atoms with van der Waals surface area (Å²) < 4.78 is 0. The Labute approximate surface area is 141 Å². The third-order valence-corrected chi connectivity index (χ3v) is 4.43. The van der Waals surface area contributed by atoms with Crippen LogP contribution in [0.1, 0.15) is 48.5 Å². The molecule has 1 saturated carbocycles. The van der Waals surface area contributed by atoms with Gasteiger partial charge in [-0.1, -0.05) is 25.5 Å². The number of hydrogen-bond acceptors (Lipinski definition) is 3. The molecular weight excluding hydrogens is 308 g/mol. The summed E-state index contributed by atoms with van der Waals surface area (Å²) in [6.07, 6.45) is 3.17. The Bertz CT molecular complexity index is 598. The molecule has 0 bridgehead atoms. The summed E-state index contributed by atoms with van der Waals surface area (Å²) in [5.41, 5.74) is 1.46. The summed E-state index contributed by atoms with van der Waals surface area (Å²) in [4.78, 5) is 34.8. The van der Waals surface area contributed by atoms with E-state index in [0.717, 1.165) is 18.4 Å². The summed E-state index contributed by atoms with van der Waals surface area (Å²) in [5, 5.41) is 14.6. The maximum atomic E-state index is 12.0. The van der Waals surface area contributed by atoms with E-state index in [9.17, 15) is 14.4 Å². The number of amides is 2. The van der Waals surface area contributed by atoms with E-state index in [1.165, 1.54) is 0 Å². The molecule has 2 unspecified atom stereocenters. The Morgan fingerprint density at radius 1 is 1.08 bits per heavy atom. The first-order valence-corrected chi connectivity index (χ1v) is 8.40. The Morgan fingerprint density at radius 2 is 1.75 bits per heavy atom. The van der Waals surface area contributed by atoms with Gasteiger partial charge in [0.25, 0.3) is 5.91 Å². The molecule has 2 rings (SSSR count). The molecule has 0 aliphatic heterocycles. The van der Waals surface area contributed by atoms with Crippen LogP contribution in [-0.2, 0) is 16.1 Å². The molecule has 6 nitrogen and oxygen atoms in total. The zero-order valence-corrected chi connectivity index (χ0v) is 13.9. The summed E-state index contributed by atoms with van der Waals surface area (Å²) in [6.45, 7) is 3.07. The van der Waals surface area contributed by atoms with Gasteiger partial charge in [0.1, 0.15) is 0 Å². The Hall–Kier alpha value is -2.37. The van der Waals surface area contributed by atoms with Gasteiger partial charge in [0, 0.05) is 18.7 Å². The fourth-order valence-corrected chi connectivity index (χ4v) is 2.68. The number of carbonyl (C=O) groups excluding carboxylic acids is 2. The number of carboxylic acid groups (broad SMARTS) is 1. The third-order valence-electron chi connectivity index (χ3n) is 4.43. The van der Waals surface area contributed by atoms with Gasteiger partial charge in [0.2, 0.25) is 5.91 Å². The molecule has 0 aromatic heterocycles. The third kappa shape index (κ3) is 4.57. The largest absolute Gasteiger partial charge is 0.481 e. The van der Waals surface area contributed by atoms with Gasteiger partial charge in [0.05, 0.1) is 11.8 Å². The Balaban J connectivity index is 1.80. The fraction of sp³-hybridized carbons (Fsp3) is 0.500. The van der Waals surface area contributed by atoms with E-state index in [4.69, 9.17) is 5.11 Å². The SMILES string of the molecule is CCCCNC(=O)c1ccc(CNC(=O)C2CCC2C(=O)O)cc1. The normalized spacial score (nSPS) is 19.2. The summed E-state index contributed by atoms with van der Waals surface area (Å²) in [6, 6.07) is 7.05. The molecule has 1 fully saturated rings. The topological polar surface area (TPSA) is 95.5 Å². The van der Waals surface area contributed by atoms with Gasteiger partial charge in [0.15, 0.2) is 0 Å². The van der Waals surface area contributed by atoms with E-state index in [-0.39, 0.29) is 11.8 Å². The number of aliphatic carboxylic acids is 1. The fourth-order valence-electron chi connectivity index (χ4n) is 2.68. The molecule has 0 radical (unpaired) electrons. The van der Waals surface area contributed by atoms with Crippen molar-refractivity contribution in [2.24, 2.45) is 11.8 Å². The first-order chi connectivity index (χ1) is 11.5. The number of carbonyl (C=O) groups is 3. The van der Waals surface area contributed by atoms with Crippen molar-refractivity contribution in [1.29, 1.82) is 0 Å². The van der Waals surface area contributed by atoms with E-state index >= 15 is 0 Å². The lowest BCUT2D eigenvalue weighted by atomic mass is 9.73. The Kier molecular flexibility index (Phi) is 6.35. The van der Waals surface area contributed by atoms with E-state index in [2.05, 4.69) is 17.6 Å². The quantitative estimate of drug-likeness (QED) is 0.634. The van der Waals surface area contributed by atoms with Crippen LogP contribution in [0.4, 0.5) is 0 Å². The van der Waals surface area contributed by atoms with Gasteiger partial charge < -0.3 is 15.7 Å². The molecule has 0 heterocycles. The highest BCUT2D eigenvalue weighted by molar-refractivity contribution is 5.94. The molecule has 6 heteroatoms. The number of benzene rings is 1. The smallest absolute Gasteiger partial charge is 0.307 e. The van der Waals surface area contributed by atoms with Gasteiger partial charge in [-0.25, -0.2) is 0 Å². The maximum absolute atomic E-state index is 12.0. The predicted molar refractivity (Wildman–Crippen MR) is 89.4 cm³/mol. The summed E-state index contributed by atoms with van der Waals surface area (Å²) >= 11 is 0. The molecule has 0 saturated heterocycles. The maximum Gasteiger partial charge on any atom is 0.307 e. The van der Waals surface area contributed by atoms with Gasteiger partial charge in [-0.15, -0.1) is 0 Å². The molecule has 24 heavy (non-hydrogen) atoms. The predicted octanol–water partition coefficient (Wildman–Crippen LogP) is 1.94. The molecule has 2 amide bonds. The molecular formula is C18H24N2O4. The number of unbranched alkanes of at least 4 members (excludes halogenated alkanes) is 1. The van der Waals surface area contributed by atoms with Crippen molar-refractivity contribution in [2.75, 3.05) is 6.54 Å². The highest BCUT2D eigenvalue weighted by Gasteiger charge is 2.41. The summed E-state index contributed by atoms with van der Waals surface area (Å²) in [7, 11) is 0. The van der Waals surface area contributed by atoms with Gasteiger partial charge in [-0.05, 0) is 37.0 Å². The van der Waals surface area contributed by atoms with E-state index in [1.807, 2.05) is 0 Å². The number of hydrogen-bond donors (Lipinski definition) is 3. The summed E-state index contributed by atoms with van der Waals surface area (Å²) in [5.74, 6) is -2.20. The molecule has 2 atom stereocenters. The highest BCUT2D eigenvalue weighted by Crippen LogP contribution is 2.34. The number of carboxylic acids is 1. The van der Waals surface area contributed by atoms with Crippen molar-refractivity contribution < 1.29 is 19.5 Å². The second kappa shape index (κ2) is 8.47. The van der Waals surface area contributed by atoms with Gasteiger partial charge >= 0.3 is 5.97 Å². The highest BCUT2D eigenvalue weighted by atomic mass is 16.4. The lowest BCUT2D eigenvalue weighted by molar-refractivity contribution is -0.152. The molecule has 130 valence electrons. The van der Waals surface area contributed by atoms with Crippen LogP contribution in [-0.4, -0.2) is 29.4 Å². The lowest BCUT2D eigenvalue weighted by Crippen LogP contribution is -2.43. The van der Waals surface area contributed by atoms with Crippen molar-refractivity contribution in [2.45, 2.75) is 39.2 Å². The van der Waals surface area contributed by atoms with Crippen LogP contribution in [0.15, 0.2) is 24.3 Å². The lowest BCUT2D eigenvalue weighted by Gasteiger charge is -2.31. The van der Waals surface area contributed by atoms with Crippen molar-refractivity contribution in [1.82, 2.24) is 10.6 Å². The van der Waals surface area contributed by atoms with E-state index in [1.54, 1.807) is 24.3 Å². The van der Waals surface area contributed by atoms with Gasteiger partial charge in [-0.2, -0.15) is 0 Å². The minimum atomic E-state index is -0.903. The molecule has 1 aliphatic rings. The molecule has 1 aliphatic carbocycles. The number of nitrogens with one attached hydrogen (secondary N) is 2. The average Bonchev–Trinajstić information content (AvgIpc) is 2.52. The number of rotatable bonds is 8. The standard InChI is InChI=1S/C18H24N2O4/c1-2-3-10-19-16(21)13-6-4-12(5-7-13)11-20-17(22)14-8-9-15(14)18(23)24/h4-7,14-15H,2-3,8-11H2,1H3,(H,19,21)(H,20,22)(H,23,24). The second-order valence-electron chi connectivity index (χ2n) is 6.15.